The van der Waals surface area contributed by atoms with Crippen molar-refractivity contribution in [2.75, 3.05) is 5.32 Å². The van der Waals surface area contributed by atoms with E-state index in [1.165, 1.54) is 0 Å². The molecule has 0 aliphatic carbocycles. The van der Waals surface area contributed by atoms with Gasteiger partial charge in [-0.15, -0.1) is 0 Å². The summed E-state index contributed by atoms with van der Waals surface area (Å²) in [6.07, 6.45) is 5.70. The largest absolute Gasteiger partial charge is 0.351 e. The molecule has 0 bridgehead atoms. The highest BCUT2D eigenvalue weighted by Crippen LogP contribution is 2.14. The second-order valence-electron chi connectivity index (χ2n) is 5.11. The molecule has 0 fully saturated rings. The molecule has 2 aromatic heterocycles. The van der Waals surface area contributed by atoms with E-state index < -0.39 is 12.0 Å². The Balaban J connectivity index is 2.02. The quantitative estimate of drug-likeness (QED) is 0.822. The van der Waals surface area contributed by atoms with Crippen molar-refractivity contribution in [1.82, 2.24) is 14.8 Å². The van der Waals surface area contributed by atoms with Gasteiger partial charge >= 0.3 is 0 Å². The van der Waals surface area contributed by atoms with Gasteiger partial charge in [0, 0.05) is 6.20 Å². The average molecular weight is 262 g/mol. The molecule has 2 N–H and O–H groups in total. The van der Waals surface area contributed by atoms with Gasteiger partial charge in [0.05, 0.1) is 35.6 Å². The standard InChI is InChI=1S/C13H18N4O2/c1-13(2,3)19-12(18)16-10-7-15-17(9-10)11-5-4-6-14-8-11/h4-9,12,16,18H,1-3H3. The summed E-state index contributed by atoms with van der Waals surface area (Å²) in [5, 5.41) is 16.7. The topological polar surface area (TPSA) is 72.2 Å². The summed E-state index contributed by atoms with van der Waals surface area (Å²) < 4.78 is 7.02. The van der Waals surface area contributed by atoms with Crippen molar-refractivity contribution in [1.29, 1.82) is 0 Å². The molecule has 6 heteroatoms. The van der Waals surface area contributed by atoms with E-state index in [1.54, 1.807) is 29.5 Å². The van der Waals surface area contributed by atoms with Crippen LogP contribution in [0.4, 0.5) is 5.69 Å². The summed E-state index contributed by atoms with van der Waals surface area (Å²) in [4.78, 5) is 4.02. The first-order chi connectivity index (χ1) is 8.94. The summed E-state index contributed by atoms with van der Waals surface area (Å²) in [7, 11) is 0. The molecule has 0 aliphatic rings. The molecule has 2 aromatic rings. The zero-order valence-electron chi connectivity index (χ0n) is 11.2. The van der Waals surface area contributed by atoms with Gasteiger partial charge in [-0.05, 0) is 32.9 Å². The van der Waals surface area contributed by atoms with Gasteiger partial charge in [-0.3, -0.25) is 4.98 Å². The van der Waals surface area contributed by atoms with E-state index in [4.69, 9.17) is 4.74 Å². The van der Waals surface area contributed by atoms with Gasteiger partial charge in [0.25, 0.3) is 0 Å². The first-order valence-corrected chi connectivity index (χ1v) is 6.01. The molecule has 2 rings (SSSR count). The van der Waals surface area contributed by atoms with Crippen LogP contribution in [-0.4, -0.2) is 31.9 Å². The molecule has 0 amide bonds. The monoisotopic (exact) mass is 262 g/mol. The van der Waals surface area contributed by atoms with Crippen LogP contribution in [0.25, 0.3) is 5.69 Å². The minimum absolute atomic E-state index is 0.425. The van der Waals surface area contributed by atoms with E-state index in [1.807, 2.05) is 32.9 Å². The number of aromatic nitrogens is 3. The molecule has 19 heavy (non-hydrogen) atoms. The first kappa shape index (κ1) is 13.5. The number of aliphatic hydroxyl groups is 1. The van der Waals surface area contributed by atoms with Crippen molar-refractivity contribution in [2.24, 2.45) is 0 Å². The third kappa shape index (κ3) is 4.04. The van der Waals surface area contributed by atoms with Crippen molar-refractivity contribution in [3.63, 3.8) is 0 Å². The van der Waals surface area contributed by atoms with Gasteiger partial charge in [0.15, 0.2) is 0 Å². The van der Waals surface area contributed by atoms with Crippen LogP contribution >= 0.6 is 0 Å². The van der Waals surface area contributed by atoms with Crippen molar-refractivity contribution < 1.29 is 9.84 Å². The lowest BCUT2D eigenvalue weighted by atomic mass is 10.2. The van der Waals surface area contributed by atoms with Crippen LogP contribution in [-0.2, 0) is 4.74 Å². The molecule has 6 nitrogen and oxygen atoms in total. The Morgan fingerprint density at radius 3 is 2.79 bits per heavy atom. The van der Waals surface area contributed by atoms with Gasteiger partial charge in [-0.25, -0.2) is 4.68 Å². The van der Waals surface area contributed by atoms with E-state index in [0.29, 0.717) is 5.69 Å². The van der Waals surface area contributed by atoms with Crippen molar-refractivity contribution in [3.05, 3.63) is 36.9 Å². The summed E-state index contributed by atoms with van der Waals surface area (Å²) in [5.41, 5.74) is 1.09. The lowest BCUT2D eigenvalue weighted by molar-refractivity contribution is -0.148. The Kier molecular flexibility index (Phi) is 3.82. The summed E-state index contributed by atoms with van der Waals surface area (Å²) in [6, 6.07) is 3.73. The third-order valence-corrected chi connectivity index (χ3v) is 2.25. The Hall–Kier alpha value is -1.92. The second-order valence-corrected chi connectivity index (χ2v) is 5.11. The predicted molar refractivity (Wildman–Crippen MR) is 71.8 cm³/mol. The number of pyridine rings is 1. The number of nitrogens with one attached hydrogen (secondary N) is 1. The molecule has 0 radical (unpaired) electrons. The van der Waals surface area contributed by atoms with Crippen LogP contribution in [0.5, 0.6) is 0 Å². The number of hydrogen-bond donors (Lipinski definition) is 2. The van der Waals surface area contributed by atoms with E-state index >= 15 is 0 Å². The fourth-order valence-electron chi connectivity index (χ4n) is 1.53. The van der Waals surface area contributed by atoms with Gasteiger partial charge in [-0.1, -0.05) is 0 Å². The Bertz CT molecular complexity index is 519. The zero-order chi connectivity index (χ0) is 13.9. The number of nitrogens with zero attached hydrogens (tertiary/aromatic N) is 3. The van der Waals surface area contributed by atoms with E-state index in [9.17, 15) is 5.11 Å². The Morgan fingerprint density at radius 1 is 1.37 bits per heavy atom. The lowest BCUT2D eigenvalue weighted by Crippen LogP contribution is -2.32. The van der Waals surface area contributed by atoms with Gasteiger partial charge in [0.2, 0.25) is 6.41 Å². The van der Waals surface area contributed by atoms with Crippen LogP contribution in [0.2, 0.25) is 0 Å². The Morgan fingerprint density at radius 2 is 2.16 bits per heavy atom. The maximum absolute atomic E-state index is 9.74. The highest BCUT2D eigenvalue weighted by atomic mass is 16.6. The average Bonchev–Trinajstić information content (AvgIpc) is 2.76. The number of ether oxygens (including phenoxy) is 1. The molecular weight excluding hydrogens is 244 g/mol. The first-order valence-electron chi connectivity index (χ1n) is 6.01. The Labute approximate surface area is 112 Å². The third-order valence-electron chi connectivity index (χ3n) is 2.25. The SMILES string of the molecule is CC(C)(C)OC(O)Nc1cnn(-c2cccnc2)c1. The molecular formula is C13H18N4O2. The highest BCUT2D eigenvalue weighted by molar-refractivity contribution is 5.41. The van der Waals surface area contributed by atoms with Crippen molar-refractivity contribution in [3.8, 4) is 5.69 Å². The highest BCUT2D eigenvalue weighted by Gasteiger charge is 2.16. The number of rotatable bonds is 4. The summed E-state index contributed by atoms with van der Waals surface area (Å²) in [5.74, 6) is 0. The molecule has 0 aromatic carbocycles. The zero-order valence-corrected chi connectivity index (χ0v) is 11.2. The molecule has 2 heterocycles. The van der Waals surface area contributed by atoms with E-state index in [0.717, 1.165) is 5.69 Å². The number of anilines is 1. The van der Waals surface area contributed by atoms with Crippen LogP contribution in [0.3, 0.4) is 0 Å². The smallest absolute Gasteiger partial charge is 0.236 e. The van der Waals surface area contributed by atoms with Gasteiger partial charge < -0.3 is 15.2 Å². The molecule has 1 atom stereocenters. The molecule has 0 aliphatic heterocycles. The van der Waals surface area contributed by atoms with Crippen LogP contribution in [0, 0.1) is 0 Å². The maximum atomic E-state index is 9.74. The second kappa shape index (κ2) is 5.38. The van der Waals surface area contributed by atoms with E-state index in [2.05, 4.69) is 15.4 Å². The molecule has 102 valence electrons. The maximum Gasteiger partial charge on any atom is 0.236 e. The lowest BCUT2D eigenvalue weighted by Gasteiger charge is -2.24. The fraction of sp³-hybridized carbons (Fsp3) is 0.385. The summed E-state index contributed by atoms with van der Waals surface area (Å²) in [6.45, 7) is 5.62. The van der Waals surface area contributed by atoms with Crippen molar-refractivity contribution >= 4 is 5.69 Å². The van der Waals surface area contributed by atoms with Crippen LogP contribution < -0.4 is 5.32 Å². The normalized spacial score (nSPS) is 13.3. The van der Waals surface area contributed by atoms with Crippen LogP contribution in [0.15, 0.2) is 36.9 Å². The van der Waals surface area contributed by atoms with Crippen molar-refractivity contribution in [2.45, 2.75) is 32.8 Å². The molecule has 1 unspecified atom stereocenters. The van der Waals surface area contributed by atoms with Crippen LogP contribution in [0.1, 0.15) is 20.8 Å². The van der Waals surface area contributed by atoms with Gasteiger partial charge in [0.1, 0.15) is 0 Å². The minimum Gasteiger partial charge on any atom is -0.351 e. The predicted octanol–water partition coefficient (Wildman–Crippen LogP) is 1.77. The number of hydrogen-bond acceptors (Lipinski definition) is 5. The fourth-order valence-corrected chi connectivity index (χ4v) is 1.53. The minimum atomic E-state index is -1.08. The van der Waals surface area contributed by atoms with Gasteiger partial charge in [-0.2, -0.15) is 5.10 Å². The number of aliphatic hydroxyl groups excluding tert-OH is 1. The molecule has 0 saturated heterocycles. The molecule has 0 saturated carbocycles. The summed E-state index contributed by atoms with van der Waals surface area (Å²) >= 11 is 0. The molecule has 0 spiro atoms. The van der Waals surface area contributed by atoms with E-state index in [-0.39, 0.29) is 0 Å².